The quantitative estimate of drug-likeness (QED) is 0.731. The Morgan fingerprint density at radius 1 is 1.20 bits per heavy atom. The van der Waals surface area contributed by atoms with Crippen molar-refractivity contribution in [2.24, 2.45) is 5.92 Å². The zero-order chi connectivity index (χ0) is 18.3. The maximum atomic E-state index is 13.2. The smallest absolute Gasteiger partial charge is 0.220 e. The molecule has 1 amide bonds. The van der Waals surface area contributed by atoms with Gasteiger partial charge in [-0.1, -0.05) is 38.8 Å². The number of carbonyl (C=O) groups excluding carboxylic acids is 1. The molecule has 0 aromatic heterocycles. The Kier molecular flexibility index (Phi) is 7.38. The van der Waals surface area contributed by atoms with Crippen molar-refractivity contribution in [3.63, 3.8) is 0 Å². The Labute approximate surface area is 150 Å². The lowest BCUT2D eigenvalue weighted by Gasteiger charge is -2.26. The fourth-order valence-electron chi connectivity index (χ4n) is 3.53. The van der Waals surface area contributed by atoms with Crippen LogP contribution in [0.15, 0.2) is 24.3 Å². The van der Waals surface area contributed by atoms with Crippen LogP contribution in [0.2, 0.25) is 0 Å². The van der Waals surface area contributed by atoms with Gasteiger partial charge in [-0.25, -0.2) is 4.39 Å². The molecule has 25 heavy (non-hydrogen) atoms. The summed E-state index contributed by atoms with van der Waals surface area (Å²) in [7, 11) is 0. The van der Waals surface area contributed by atoms with Crippen molar-refractivity contribution in [1.82, 2.24) is 5.32 Å². The lowest BCUT2D eigenvalue weighted by molar-refractivity contribution is -0.146. The van der Waals surface area contributed by atoms with E-state index in [0.717, 1.165) is 18.4 Å². The monoisotopic (exact) mass is 351 g/mol. The summed E-state index contributed by atoms with van der Waals surface area (Å²) in [5, 5.41) is 2.98. The summed E-state index contributed by atoms with van der Waals surface area (Å²) >= 11 is 0. The van der Waals surface area contributed by atoms with Gasteiger partial charge in [0.05, 0.1) is 13.2 Å². The number of carbonyl (C=O) groups is 1. The molecule has 1 aromatic carbocycles. The van der Waals surface area contributed by atoms with Gasteiger partial charge in [0.2, 0.25) is 5.91 Å². The van der Waals surface area contributed by atoms with E-state index in [9.17, 15) is 9.18 Å². The van der Waals surface area contributed by atoms with Gasteiger partial charge in [-0.2, -0.15) is 0 Å². The number of hydrogen-bond donors (Lipinski definition) is 1. The van der Waals surface area contributed by atoms with Crippen molar-refractivity contribution in [2.45, 2.75) is 58.2 Å². The predicted molar refractivity (Wildman–Crippen MR) is 95.8 cm³/mol. The van der Waals surface area contributed by atoms with E-state index in [1.54, 1.807) is 12.1 Å². The summed E-state index contributed by atoms with van der Waals surface area (Å²) in [6, 6.07) is 6.54. The summed E-state index contributed by atoms with van der Waals surface area (Å²) in [5.74, 6) is -0.316. The number of ether oxygens (including phenoxy) is 2. The van der Waals surface area contributed by atoms with Crippen molar-refractivity contribution in [3.05, 3.63) is 35.6 Å². The van der Waals surface area contributed by atoms with Crippen molar-refractivity contribution >= 4 is 5.91 Å². The molecule has 1 unspecified atom stereocenters. The molecule has 2 rings (SSSR count). The molecule has 1 heterocycles. The minimum atomic E-state index is -0.584. The molecule has 5 heteroatoms. The second-order valence-electron chi connectivity index (χ2n) is 6.87. The van der Waals surface area contributed by atoms with Gasteiger partial charge in [0.1, 0.15) is 5.82 Å². The van der Waals surface area contributed by atoms with Crippen LogP contribution in [0.4, 0.5) is 4.39 Å². The average molecular weight is 351 g/mol. The Balaban J connectivity index is 1.93. The minimum absolute atomic E-state index is 0.0165. The van der Waals surface area contributed by atoms with Crippen LogP contribution in [0.5, 0.6) is 0 Å². The number of hydrogen-bond acceptors (Lipinski definition) is 3. The molecule has 1 atom stereocenters. The van der Waals surface area contributed by atoms with Gasteiger partial charge in [0.25, 0.3) is 0 Å². The van der Waals surface area contributed by atoms with E-state index in [4.69, 9.17) is 9.47 Å². The molecule has 0 bridgehead atoms. The van der Waals surface area contributed by atoms with Crippen LogP contribution in [0.25, 0.3) is 0 Å². The molecular weight excluding hydrogens is 321 g/mol. The largest absolute Gasteiger partial charge is 0.356 e. The van der Waals surface area contributed by atoms with Crippen LogP contribution in [-0.2, 0) is 14.3 Å². The highest BCUT2D eigenvalue weighted by Crippen LogP contribution is 2.33. The van der Waals surface area contributed by atoms with Crippen LogP contribution >= 0.6 is 0 Å². The van der Waals surface area contributed by atoms with Crippen LogP contribution in [0.1, 0.15) is 57.9 Å². The Morgan fingerprint density at radius 2 is 1.80 bits per heavy atom. The van der Waals surface area contributed by atoms with Crippen LogP contribution in [0, 0.1) is 11.7 Å². The molecule has 0 aliphatic carbocycles. The van der Waals surface area contributed by atoms with Crippen molar-refractivity contribution in [3.8, 4) is 0 Å². The predicted octanol–water partition coefficient (Wildman–Crippen LogP) is 4.00. The first kappa shape index (κ1) is 19.9. The van der Waals surface area contributed by atoms with Gasteiger partial charge in [-0.05, 0) is 36.5 Å². The lowest BCUT2D eigenvalue weighted by atomic mass is 9.80. The third kappa shape index (κ3) is 5.79. The minimum Gasteiger partial charge on any atom is -0.356 e. The molecule has 0 spiro atoms. The summed E-state index contributed by atoms with van der Waals surface area (Å²) in [6.45, 7) is 7.90. The Morgan fingerprint density at radius 3 is 2.36 bits per heavy atom. The van der Waals surface area contributed by atoms with Gasteiger partial charge in [-0.3, -0.25) is 4.79 Å². The topological polar surface area (TPSA) is 47.6 Å². The number of nitrogens with one attached hydrogen (secondary N) is 1. The van der Waals surface area contributed by atoms with Crippen LogP contribution < -0.4 is 5.32 Å². The van der Waals surface area contributed by atoms with Gasteiger partial charge in [0, 0.05) is 19.4 Å². The highest BCUT2D eigenvalue weighted by atomic mass is 19.1. The maximum absolute atomic E-state index is 13.2. The van der Waals surface area contributed by atoms with Gasteiger partial charge >= 0.3 is 0 Å². The zero-order valence-corrected chi connectivity index (χ0v) is 15.5. The first-order chi connectivity index (χ1) is 12.0. The molecule has 1 saturated heterocycles. The standard InChI is InChI=1S/C20H30FNO3/c1-4-15(5-2)18(16-6-8-17(21)9-7-16)14-19(23)22-11-10-20(3)24-12-13-25-20/h6-9,15,18H,4-5,10-14H2,1-3H3,(H,22,23). The molecule has 1 N–H and O–H groups in total. The molecule has 1 aromatic rings. The number of halogens is 1. The second-order valence-corrected chi connectivity index (χ2v) is 6.87. The summed E-state index contributed by atoms with van der Waals surface area (Å²) < 4.78 is 24.3. The summed E-state index contributed by atoms with van der Waals surface area (Å²) in [6.07, 6.45) is 3.03. The molecule has 1 aliphatic rings. The fourth-order valence-corrected chi connectivity index (χ4v) is 3.53. The van der Waals surface area contributed by atoms with Gasteiger partial charge in [-0.15, -0.1) is 0 Å². The first-order valence-electron chi connectivity index (χ1n) is 9.27. The van der Waals surface area contributed by atoms with Crippen molar-refractivity contribution in [2.75, 3.05) is 19.8 Å². The normalized spacial score (nSPS) is 17.6. The lowest BCUT2D eigenvalue weighted by Crippen LogP contribution is -2.34. The highest BCUT2D eigenvalue weighted by Gasteiger charge is 2.30. The maximum Gasteiger partial charge on any atom is 0.220 e. The average Bonchev–Trinajstić information content (AvgIpc) is 3.02. The highest BCUT2D eigenvalue weighted by molar-refractivity contribution is 5.76. The molecule has 4 nitrogen and oxygen atoms in total. The second kappa shape index (κ2) is 9.30. The van der Waals surface area contributed by atoms with Crippen molar-refractivity contribution in [1.29, 1.82) is 0 Å². The zero-order valence-electron chi connectivity index (χ0n) is 15.5. The van der Waals surface area contributed by atoms with E-state index >= 15 is 0 Å². The third-order valence-corrected chi connectivity index (χ3v) is 5.12. The third-order valence-electron chi connectivity index (χ3n) is 5.12. The van der Waals surface area contributed by atoms with Crippen LogP contribution in [-0.4, -0.2) is 31.5 Å². The van der Waals surface area contributed by atoms with E-state index in [2.05, 4.69) is 19.2 Å². The molecule has 0 radical (unpaired) electrons. The number of rotatable bonds is 9. The van der Waals surface area contributed by atoms with E-state index in [1.807, 2.05) is 6.92 Å². The van der Waals surface area contributed by atoms with Gasteiger partial charge in [0.15, 0.2) is 5.79 Å². The molecule has 140 valence electrons. The molecule has 0 saturated carbocycles. The molecule has 1 aliphatic heterocycles. The van der Waals surface area contributed by atoms with E-state index in [0.29, 0.717) is 38.5 Å². The Hall–Kier alpha value is -1.46. The summed E-state index contributed by atoms with van der Waals surface area (Å²) in [4.78, 5) is 12.4. The molecular formula is C20H30FNO3. The SMILES string of the molecule is CCC(CC)C(CC(=O)NCCC1(C)OCCO1)c1ccc(F)cc1. The number of benzene rings is 1. The molecule has 1 fully saturated rings. The Bertz CT molecular complexity index is 536. The summed E-state index contributed by atoms with van der Waals surface area (Å²) in [5.41, 5.74) is 1.03. The van der Waals surface area contributed by atoms with Crippen LogP contribution in [0.3, 0.4) is 0 Å². The van der Waals surface area contributed by atoms with E-state index in [-0.39, 0.29) is 17.6 Å². The van der Waals surface area contributed by atoms with E-state index in [1.165, 1.54) is 12.1 Å². The fraction of sp³-hybridized carbons (Fsp3) is 0.650. The first-order valence-corrected chi connectivity index (χ1v) is 9.27. The number of amides is 1. The van der Waals surface area contributed by atoms with Crippen molar-refractivity contribution < 1.29 is 18.7 Å². The van der Waals surface area contributed by atoms with Gasteiger partial charge < -0.3 is 14.8 Å². The van der Waals surface area contributed by atoms with E-state index < -0.39 is 5.79 Å².